The van der Waals surface area contributed by atoms with E-state index in [1.165, 1.54) is 22.9 Å². The zero-order valence-electron chi connectivity index (χ0n) is 11.5. The second-order valence-corrected chi connectivity index (χ2v) is 4.52. The van der Waals surface area contributed by atoms with Crippen LogP contribution in [-0.2, 0) is 11.3 Å². The Labute approximate surface area is 126 Å². The molecule has 0 fully saturated rings. The molecule has 0 saturated carbocycles. The highest BCUT2D eigenvalue weighted by molar-refractivity contribution is 5.87. The first-order valence-electron chi connectivity index (χ1n) is 6.61. The van der Waals surface area contributed by atoms with Gasteiger partial charge in [-0.2, -0.15) is 5.10 Å². The quantitative estimate of drug-likeness (QED) is 0.695. The number of pyridine rings is 1. The van der Waals surface area contributed by atoms with Gasteiger partial charge in [-0.25, -0.2) is 13.9 Å². The molecule has 110 valence electrons. The fourth-order valence-corrected chi connectivity index (χ4v) is 1.89. The molecule has 0 bridgehead atoms. The molecule has 0 radical (unpaired) electrons. The summed E-state index contributed by atoms with van der Waals surface area (Å²) in [5, 5.41) is 4.09. The van der Waals surface area contributed by atoms with Crippen LogP contribution in [0.5, 0.6) is 0 Å². The van der Waals surface area contributed by atoms with Crippen LogP contribution < -0.4 is 0 Å². The van der Waals surface area contributed by atoms with E-state index in [1.807, 2.05) is 6.07 Å². The predicted molar refractivity (Wildman–Crippen MR) is 76.9 cm³/mol. The van der Waals surface area contributed by atoms with Gasteiger partial charge >= 0.3 is 5.97 Å². The number of nitrogens with zero attached hydrogens (tertiary/aromatic N) is 3. The summed E-state index contributed by atoms with van der Waals surface area (Å²) in [5.74, 6) is -0.923. The van der Waals surface area contributed by atoms with Crippen molar-refractivity contribution >= 4 is 5.97 Å². The van der Waals surface area contributed by atoms with Crippen molar-refractivity contribution in [1.82, 2.24) is 14.8 Å². The minimum absolute atomic E-state index is 0.0759. The smallest absolute Gasteiger partial charge is 0.359 e. The lowest BCUT2D eigenvalue weighted by Gasteiger charge is -2.02. The number of hydrogen-bond acceptors (Lipinski definition) is 4. The molecule has 6 heteroatoms. The maximum Gasteiger partial charge on any atom is 0.359 e. The first-order valence-corrected chi connectivity index (χ1v) is 6.61. The van der Waals surface area contributed by atoms with Crippen LogP contribution in [-0.4, -0.2) is 20.7 Å². The summed E-state index contributed by atoms with van der Waals surface area (Å²) in [5.41, 5.74) is 1.34. The molecule has 22 heavy (non-hydrogen) atoms. The third-order valence-electron chi connectivity index (χ3n) is 2.95. The molecule has 0 atom stereocenters. The first kappa shape index (κ1) is 13.9. The third-order valence-corrected chi connectivity index (χ3v) is 2.95. The Hall–Kier alpha value is -3.02. The molecule has 0 saturated heterocycles. The van der Waals surface area contributed by atoms with Crippen LogP contribution in [0, 0.1) is 5.82 Å². The summed E-state index contributed by atoms with van der Waals surface area (Å²) >= 11 is 0. The van der Waals surface area contributed by atoms with Gasteiger partial charge in [0.2, 0.25) is 0 Å². The van der Waals surface area contributed by atoms with E-state index >= 15 is 0 Å². The molecule has 0 aliphatic carbocycles. The number of rotatable bonds is 4. The van der Waals surface area contributed by atoms with Crippen molar-refractivity contribution in [1.29, 1.82) is 0 Å². The van der Waals surface area contributed by atoms with Gasteiger partial charge in [0.05, 0.1) is 11.4 Å². The van der Waals surface area contributed by atoms with Crippen LogP contribution in [0.4, 0.5) is 4.39 Å². The molecular weight excluding hydrogens is 285 g/mol. The van der Waals surface area contributed by atoms with E-state index in [-0.39, 0.29) is 18.1 Å². The Morgan fingerprint density at radius 2 is 2.09 bits per heavy atom. The Kier molecular flexibility index (Phi) is 3.91. The normalized spacial score (nSPS) is 10.4. The summed E-state index contributed by atoms with van der Waals surface area (Å²) in [6, 6.07) is 12.8. The number of carbonyl (C=O) groups is 1. The van der Waals surface area contributed by atoms with Gasteiger partial charge in [-0.05, 0) is 36.4 Å². The third kappa shape index (κ3) is 3.17. The van der Waals surface area contributed by atoms with Crippen molar-refractivity contribution in [2.24, 2.45) is 0 Å². The van der Waals surface area contributed by atoms with Crippen molar-refractivity contribution in [2.75, 3.05) is 0 Å². The number of aromatic nitrogens is 3. The van der Waals surface area contributed by atoms with E-state index in [2.05, 4.69) is 10.1 Å². The zero-order valence-corrected chi connectivity index (χ0v) is 11.5. The molecule has 0 unspecified atom stereocenters. The highest BCUT2D eigenvalue weighted by Crippen LogP contribution is 2.10. The Balaban J connectivity index is 1.69. The maximum absolute atomic E-state index is 13.2. The molecule has 2 aromatic heterocycles. The SMILES string of the molecule is O=C(OCc1ccccn1)c1ccn(-c2cccc(F)c2)n1. The second kappa shape index (κ2) is 6.17. The van der Waals surface area contributed by atoms with Crippen LogP contribution in [0.25, 0.3) is 5.69 Å². The number of benzene rings is 1. The molecule has 3 aromatic rings. The number of carbonyl (C=O) groups excluding carboxylic acids is 1. The molecular formula is C16H12FN3O2. The van der Waals surface area contributed by atoms with Gasteiger partial charge in [0.25, 0.3) is 0 Å². The summed E-state index contributed by atoms with van der Waals surface area (Å²) < 4.78 is 19.7. The number of halogens is 1. The van der Waals surface area contributed by atoms with E-state index < -0.39 is 5.97 Å². The molecule has 0 aliphatic rings. The topological polar surface area (TPSA) is 57.0 Å². The summed E-state index contributed by atoms with van der Waals surface area (Å²) in [7, 11) is 0. The molecule has 0 aliphatic heterocycles. The van der Waals surface area contributed by atoms with Crippen molar-refractivity contribution in [3.8, 4) is 5.69 Å². The fourth-order valence-electron chi connectivity index (χ4n) is 1.89. The van der Waals surface area contributed by atoms with Gasteiger partial charge in [0.15, 0.2) is 5.69 Å². The molecule has 5 nitrogen and oxygen atoms in total. The minimum Gasteiger partial charge on any atom is -0.454 e. The molecule has 1 aromatic carbocycles. The lowest BCUT2D eigenvalue weighted by molar-refractivity contribution is 0.0460. The molecule has 0 spiro atoms. The number of hydrogen-bond donors (Lipinski definition) is 0. The number of ether oxygens (including phenoxy) is 1. The number of esters is 1. The molecule has 0 N–H and O–H groups in total. The Morgan fingerprint density at radius 3 is 2.86 bits per heavy atom. The van der Waals surface area contributed by atoms with Gasteiger partial charge in [-0.3, -0.25) is 4.98 Å². The van der Waals surface area contributed by atoms with Crippen LogP contribution in [0.15, 0.2) is 60.9 Å². The van der Waals surface area contributed by atoms with E-state index in [4.69, 9.17) is 4.74 Å². The van der Waals surface area contributed by atoms with Crippen LogP contribution >= 0.6 is 0 Å². The minimum atomic E-state index is -0.555. The van der Waals surface area contributed by atoms with Crippen LogP contribution in [0.3, 0.4) is 0 Å². The second-order valence-electron chi connectivity index (χ2n) is 4.52. The maximum atomic E-state index is 13.2. The summed E-state index contributed by atoms with van der Waals surface area (Å²) in [4.78, 5) is 16.0. The van der Waals surface area contributed by atoms with E-state index in [9.17, 15) is 9.18 Å². The average molecular weight is 297 g/mol. The van der Waals surface area contributed by atoms with Crippen molar-refractivity contribution in [3.05, 3.63) is 78.1 Å². The Bertz CT molecular complexity index is 787. The van der Waals surface area contributed by atoms with Crippen LogP contribution in [0.1, 0.15) is 16.2 Å². The van der Waals surface area contributed by atoms with Gasteiger partial charge in [0.1, 0.15) is 12.4 Å². The van der Waals surface area contributed by atoms with Crippen LogP contribution in [0.2, 0.25) is 0 Å². The predicted octanol–water partition coefficient (Wildman–Crippen LogP) is 2.76. The largest absolute Gasteiger partial charge is 0.454 e. The van der Waals surface area contributed by atoms with Crippen molar-refractivity contribution in [3.63, 3.8) is 0 Å². The molecule has 2 heterocycles. The standard InChI is InChI=1S/C16H12FN3O2/c17-12-4-3-6-14(10-12)20-9-7-15(19-20)16(21)22-11-13-5-1-2-8-18-13/h1-10H,11H2. The first-order chi connectivity index (χ1) is 10.7. The molecule has 0 amide bonds. The summed E-state index contributed by atoms with van der Waals surface area (Å²) in [6.07, 6.45) is 3.20. The van der Waals surface area contributed by atoms with E-state index in [1.54, 1.807) is 36.7 Å². The summed E-state index contributed by atoms with van der Waals surface area (Å²) in [6.45, 7) is 0.0759. The monoisotopic (exact) mass is 297 g/mol. The lowest BCUT2D eigenvalue weighted by atomic mass is 10.3. The lowest BCUT2D eigenvalue weighted by Crippen LogP contribution is -2.08. The van der Waals surface area contributed by atoms with Gasteiger partial charge in [-0.1, -0.05) is 12.1 Å². The average Bonchev–Trinajstić information content (AvgIpc) is 3.04. The zero-order chi connectivity index (χ0) is 15.4. The van der Waals surface area contributed by atoms with Gasteiger partial charge in [-0.15, -0.1) is 0 Å². The van der Waals surface area contributed by atoms with Gasteiger partial charge < -0.3 is 4.74 Å². The van der Waals surface area contributed by atoms with Crippen molar-refractivity contribution in [2.45, 2.75) is 6.61 Å². The molecule has 3 rings (SSSR count). The fraction of sp³-hybridized carbons (Fsp3) is 0.0625. The van der Waals surface area contributed by atoms with E-state index in [0.717, 1.165) is 0 Å². The van der Waals surface area contributed by atoms with E-state index in [0.29, 0.717) is 11.4 Å². The Morgan fingerprint density at radius 1 is 1.18 bits per heavy atom. The van der Waals surface area contributed by atoms with Gasteiger partial charge in [0, 0.05) is 12.4 Å². The highest BCUT2D eigenvalue weighted by Gasteiger charge is 2.12. The highest BCUT2D eigenvalue weighted by atomic mass is 19.1. The van der Waals surface area contributed by atoms with Crippen molar-refractivity contribution < 1.29 is 13.9 Å².